The Balaban J connectivity index is 1.92. The van der Waals surface area contributed by atoms with Gasteiger partial charge in [-0.1, -0.05) is 30.3 Å². The topological polar surface area (TPSA) is 74.3 Å². The average Bonchev–Trinajstić information content (AvgIpc) is 2.84. The predicted molar refractivity (Wildman–Crippen MR) is 105 cm³/mol. The van der Waals surface area contributed by atoms with Gasteiger partial charge in [-0.25, -0.2) is 4.79 Å². The average molecular weight is 367 g/mol. The number of hydrogen-bond acceptors (Lipinski definition) is 5. The zero-order valence-electron chi connectivity index (χ0n) is 16.1. The van der Waals surface area contributed by atoms with Crippen LogP contribution in [0, 0.1) is 11.3 Å². The summed E-state index contributed by atoms with van der Waals surface area (Å²) in [4.78, 5) is 29.2. The summed E-state index contributed by atoms with van der Waals surface area (Å²) in [5, 5.41) is 9.56. The van der Waals surface area contributed by atoms with Crippen LogP contribution in [0.3, 0.4) is 0 Å². The van der Waals surface area contributed by atoms with Crippen molar-refractivity contribution in [1.82, 2.24) is 14.0 Å². The maximum Gasteiger partial charge on any atom is 0.332 e. The first-order valence-electron chi connectivity index (χ1n) is 9.17. The van der Waals surface area contributed by atoms with Crippen molar-refractivity contribution in [3.8, 4) is 6.07 Å². The summed E-state index contributed by atoms with van der Waals surface area (Å²) in [6.45, 7) is 5.35. The third-order valence-corrected chi connectivity index (χ3v) is 5.19. The smallest absolute Gasteiger partial charge is 0.332 e. The Morgan fingerprint density at radius 1 is 1.11 bits per heavy atom. The van der Waals surface area contributed by atoms with Crippen LogP contribution in [-0.2, 0) is 20.6 Å². The number of anilines is 1. The lowest BCUT2D eigenvalue weighted by atomic mass is 10.2. The summed E-state index contributed by atoms with van der Waals surface area (Å²) in [7, 11) is 3.03. The molecule has 1 unspecified atom stereocenters. The first kappa shape index (κ1) is 18.9. The van der Waals surface area contributed by atoms with E-state index < -0.39 is 11.2 Å². The van der Waals surface area contributed by atoms with E-state index in [-0.39, 0.29) is 11.6 Å². The molecule has 7 nitrogen and oxygen atoms in total. The molecule has 1 atom stereocenters. The second-order valence-corrected chi connectivity index (χ2v) is 7.13. The summed E-state index contributed by atoms with van der Waals surface area (Å²) in [6, 6.07) is 12.4. The molecule has 1 aliphatic rings. The Morgan fingerprint density at radius 2 is 1.81 bits per heavy atom. The van der Waals surface area contributed by atoms with Crippen molar-refractivity contribution in [1.29, 1.82) is 5.26 Å². The molecule has 27 heavy (non-hydrogen) atoms. The molecule has 0 N–H and O–H groups in total. The lowest BCUT2D eigenvalue weighted by Crippen LogP contribution is -2.46. The Labute approximate surface area is 158 Å². The molecule has 2 heterocycles. The highest BCUT2D eigenvalue weighted by atomic mass is 16.2. The number of benzene rings is 1. The van der Waals surface area contributed by atoms with Crippen molar-refractivity contribution >= 4 is 5.82 Å². The fourth-order valence-electron chi connectivity index (χ4n) is 3.82. The summed E-state index contributed by atoms with van der Waals surface area (Å²) in [5.41, 5.74) is 0.347. The summed E-state index contributed by atoms with van der Waals surface area (Å²) in [5.74, 6) is 0.430. The fraction of sp³-hybridized carbons (Fsp3) is 0.450. The Bertz CT molecular complexity index is 971. The quantitative estimate of drug-likeness (QED) is 0.811. The van der Waals surface area contributed by atoms with Gasteiger partial charge in [-0.3, -0.25) is 18.8 Å². The van der Waals surface area contributed by atoms with E-state index in [1.807, 2.05) is 29.2 Å². The number of nitriles is 1. The molecule has 0 bridgehead atoms. The molecule has 1 aromatic heterocycles. The lowest BCUT2D eigenvalue weighted by molar-refractivity contribution is 0.268. The zero-order valence-corrected chi connectivity index (χ0v) is 16.1. The number of aromatic nitrogens is 2. The van der Waals surface area contributed by atoms with Crippen LogP contribution in [0.5, 0.6) is 0 Å². The third-order valence-electron chi connectivity index (χ3n) is 5.19. The highest BCUT2D eigenvalue weighted by Crippen LogP contribution is 2.22. The van der Waals surface area contributed by atoms with Gasteiger partial charge in [0, 0.05) is 46.3 Å². The second-order valence-electron chi connectivity index (χ2n) is 7.13. The Kier molecular flexibility index (Phi) is 5.47. The second kappa shape index (κ2) is 7.80. The van der Waals surface area contributed by atoms with E-state index in [0.29, 0.717) is 12.4 Å². The fourth-order valence-corrected chi connectivity index (χ4v) is 3.82. The van der Waals surface area contributed by atoms with E-state index in [1.54, 1.807) is 7.05 Å². The first-order chi connectivity index (χ1) is 12.9. The summed E-state index contributed by atoms with van der Waals surface area (Å²) < 4.78 is 2.41. The highest BCUT2D eigenvalue weighted by molar-refractivity contribution is 5.54. The molecule has 0 radical (unpaired) electrons. The number of rotatable bonds is 3. The predicted octanol–water partition coefficient (Wildman–Crippen LogP) is 1.06. The van der Waals surface area contributed by atoms with Crippen molar-refractivity contribution in [3.05, 3.63) is 62.3 Å². The van der Waals surface area contributed by atoms with Gasteiger partial charge in [0.15, 0.2) is 5.56 Å². The minimum atomic E-state index is -0.534. The molecule has 2 aromatic rings. The van der Waals surface area contributed by atoms with Gasteiger partial charge in [0.1, 0.15) is 11.9 Å². The molecule has 0 aliphatic carbocycles. The van der Waals surface area contributed by atoms with E-state index >= 15 is 0 Å². The van der Waals surface area contributed by atoms with Gasteiger partial charge in [-0.2, -0.15) is 5.26 Å². The molecule has 1 saturated heterocycles. The van der Waals surface area contributed by atoms with Crippen molar-refractivity contribution in [2.24, 2.45) is 14.1 Å². The van der Waals surface area contributed by atoms with E-state index in [1.165, 1.54) is 17.2 Å². The molecular weight excluding hydrogens is 342 g/mol. The van der Waals surface area contributed by atoms with Gasteiger partial charge in [-0.15, -0.1) is 0 Å². The molecule has 0 spiro atoms. The van der Waals surface area contributed by atoms with Crippen LogP contribution >= 0.6 is 0 Å². The number of nitrogens with zero attached hydrogens (tertiary/aromatic N) is 5. The van der Waals surface area contributed by atoms with Gasteiger partial charge in [0.05, 0.1) is 0 Å². The van der Waals surface area contributed by atoms with Crippen LogP contribution < -0.4 is 16.1 Å². The van der Waals surface area contributed by atoms with Crippen molar-refractivity contribution in [2.45, 2.75) is 25.9 Å². The van der Waals surface area contributed by atoms with Gasteiger partial charge >= 0.3 is 5.69 Å². The Hall–Kier alpha value is -2.85. The van der Waals surface area contributed by atoms with Crippen LogP contribution in [0.1, 0.15) is 24.5 Å². The van der Waals surface area contributed by atoms with Crippen LogP contribution in [0.2, 0.25) is 0 Å². The van der Waals surface area contributed by atoms with Crippen LogP contribution in [0.15, 0.2) is 39.9 Å². The molecule has 0 saturated carbocycles. The molecule has 7 heteroatoms. The molecular formula is C20H25N5O2. The van der Waals surface area contributed by atoms with E-state index in [9.17, 15) is 14.9 Å². The molecule has 3 rings (SSSR count). The summed E-state index contributed by atoms with van der Waals surface area (Å²) >= 11 is 0. The van der Waals surface area contributed by atoms with E-state index in [0.717, 1.165) is 30.6 Å². The largest absolute Gasteiger partial charge is 0.353 e. The van der Waals surface area contributed by atoms with Gasteiger partial charge < -0.3 is 4.90 Å². The Morgan fingerprint density at radius 3 is 2.48 bits per heavy atom. The number of hydrogen-bond donors (Lipinski definition) is 0. The molecule has 1 aromatic carbocycles. The third kappa shape index (κ3) is 3.67. The van der Waals surface area contributed by atoms with E-state index in [2.05, 4.69) is 24.0 Å². The zero-order chi connectivity index (χ0) is 19.6. The monoisotopic (exact) mass is 367 g/mol. The lowest BCUT2D eigenvalue weighted by Gasteiger charge is -2.32. The molecule has 142 valence electrons. The molecule has 0 amide bonds. The van der Waals surface area contributed by atoms with Crippen LogP contribution in [0.25, 0.3) is 0 Å². The first-order valence-corrected chi connectivity index (χ1v) is 9.17. The van der Waals surface area contributed by atoms with Gasteiger partial charge in [-0.05, 0) is 18.9 Å². The molecule has 1 fully saturated rings. The summed E-state index contributed by atoms with van der Waals surface area (Å²) in [6.07, 6.45) is 0.894. The SMILES string of the molecule is CC1CN(Cc2ccccc2)CCCN1c1c(C#N)c(=O)n(C)c(=O)n1C. The standard InChI is InChI=1S/C20H25N5O2/c1-15-13-24(14-16-8-5-4-6-9-16)10-7-11-25(15)18-17(12-21)19(26)23(3)20(27)22(18)2/h4-6,8-9,15H,7,10-11,13-14H2,1-3H3. The van der Waals surface area contributed by atoms with Crippen LogP contribution in [0.4, 0.5) is 5.82 Å². The minimum absolute atomic E-state index is 0.0305. The van der Waals surface area contributed by atoms with Crippen molar-refractivity contribution in [2.75, 3.05) is 24.5 Å². The van der Waals surface area contributed by atoms with Crippen LogP contribution in [-0.4, -0.2) is 39.7 Å². The highest BCUT2D eigenvalue weighted by Gasteiger charge is 2.27. The maximum absolute atomic E-state index is 12.4. The van der Waals surface area contributed by atoms with E-state index in [4.69, 9.17) is 0 Å². The van der Waals surface area contributed by atoms with Crippen molar-refractivity contribution in [3.63, 3.8) is 0 Å². The van der Waals surface area contributed by atoms with Crippen molar-refractivity contribution < 1.29 is 0 Å². The maximum atomic E-state index is 12.4. The normalized spacial score (nSPS) is 18.1. The molecule has 1 aliphatic heterocycles. The van der Waals surface area contributed by atoms with Gasteiger partial charge in [0.25, 0.3) is 5.56 Å². The minimum Gasteiger partial charge on any atom is -0.353 e. The van der Waals surface area contributed by atoms with Gasteiger partial charge in [0.2, 0.25) is 0 Å².